The molecule has 0 saturated carbocycles. The molecule has 3 rings (SSSR count). The van der Waals surface area contributed by atoms with E-state index in [1.807, 2.05) is 24.3 Å². The highest BCUT2D eigenvalue weighted by molar-refractivity contribution is 9.10. The zero-order chi connectivity index (χ0) is 18.0. The molecule has 132 valence electrons. The Labute approximate surface area is 157 Å². The van der Waals surface area contributed by atoms with Crippen molar-refractivity contribution in [3.8, 4) is 16.2 Å². The lowest BCUT2D eigenvalue weighted by Gasteiger charge is -2.14. The van der Waals surface area contributed by atoms with Gasteiger partial charge >= 0.3 is 0 Å². The number of ether oxygens (including phenoxy) is 1. The van der Waals surface area contributed by atoms with E-state index in [9.17, 15) is 9.50 Å². The van der Waals surface area contributed by atoms with Crippen LogP contribution in [-0.2, 0) is 0 Å². The maximum atomic E-state index is 14.3. The summed E-state index contributed by atoms with van der Waals surface area (Å²) in [5.41, 5.74) is 7.11. The highest BCUT2D eigenvalue weighted by Crippen LogP contribution is 2.47. The molecule has 1 unspecified atom stereocenters. The molecule has 0 saturated heterocycles. The highest BCUT2D eigenvalue weighted by Gasteiger charge is 2.19. The van der Waals surface area contributed by atoms with Crippen molar-refractivity contribution in [3.05, 3.63) is 46.7 Å². The second kappa shape index (κ2) is 7.70. The van der Waals surface area contributed by atoms with Crippen molar-refractivity contribution in [3.63, 3.8) is 0 Å². The van der Waals surface area contributed by atoms with Crippen LogP contribution < -0.4 is 15.8 Å². The fourth-order valence-electron chi connectivity index (χ4n) is 2.61. The van der Waals surface area contributed by atoms with Crippen LogP contribution in [0.15, 0.2) is 40.9 Å². The lowest BCUT2D eigenvalue weighted by atomic mass is 10.1. The Morgan fingerprint density at radius 2 is 2.16 bits per heavy atom. The Bertz CT molecular complexity index is 900. The number of aliphatic hydroxyl groups excluding tert-OH is 1. The van der Waals surface area contributed by atoms with Gasteiger partial charge in [-0.15, -0.1) is 11.3 Å². The van der Waals surface area contributed by atoms with Crippen molar-refractivity contribution in [1.29, 1.82) is 0 Å². The number of methoxy groups -OCH3 is 1. The lowest BCUT2D eigenvalue weighted by molar-refractivity contribution is 0.196. The summed E-state index contributed by atoms with van der Waals surface area (Å²) >= 11 is 4.83. The molecule has 25 heavy (non-hydrogen) atoms. The van der Waals surface area contributed by atoms with Crippen molar-refractivity contribution < 1.29 is 14.2 Å². The number of nitrogens with one attached hydrogen (secondary N) is 1. The summed E-state index contributed by atoms with van der Waals surface area (Å²) in [5.74, 6) is 0.419. The second-order valence-corrected chi connectivity index (χ2v) is 7.47. The third kappa shape index (κ3) is 3.64. The standard InChI is InChI=1S/C18H18BrFN2O2S/c1-24-15-6-5-10(19)7-13(15)18-16(22-9-11(23)8-21)12-3-2-4-14(20)17(12)25-18/h2-7,11,22-23H,8-9,21H2,1H3. The molecule has 3 aromatic rings. The van der Waals surface area contributed by atoms with Crippen molar-refractivity contribution in [2.24, 2.45) is 5.73 Å². The Morgan fingerprint density at radius 3 is 2.88 bits per heavy atom. The first kappa shape index (κ1) is 18.1. The van der Waals surface area contributed by atoms with Gasteiger partial charge in [-0.1, -0.05) is 28.1 Å². The minimum atomic E-state index is -0.680. The van der Waals surface area contributed by atoms with Crippen LogP contribution in [0.5, 0.6) is 5.75 Å². The van der Waals surface area contributed by atoms with Gasteiger partial charge in [0.2, 0.25) is 0 Å². The van der Waals surface area contributed by atoms with Gasteiger partial charge < -0.3 is 20.9 Å². The predicted octanol–water partition coefficient (Wildman–Crippen LogP) is 4.21. The first-order valence-corrected chi connectivity index (χ1v) is 9.33. The predicted molar refractivity (Wildman–Crippen MR) is 105 cm³/mol. The molecule has 0 radical (unpaired) electrons. The minimum Gasteiger partial charge on any atom is -0.496 e. The number of fused-ring (bicyclic) bond motifs is 1. The van der Waals surface area contributed by atoms with E-state index in [0.29, 0.717) is 10.4 Å². The second-order valence-electron chi connectivity index (χ2n) is 5.54. The number of hydrogen-bond donors (Lipinski definition) is 3. The Morgan fingerprint density at radius 1 is 1.36 bits per heavy atom. The maximum Gasteiger partial charge on any atom is 0.141 e. The van der Waals surface area contributed by atoms with E-state index in [0.717, 1.165) is 26.0 Å². The molecule has 0 fully saturated rings. The van der Waals surface area contributed by atoms with Gasteiger partial charge in [0, 0.05) is 28.5 Å². The monoisotopic (exact) mass is 424 g/mol. The molecule has 7 heteroatoms. The third-order valence-corrected chi connectivity index (χ3v) is 5.60. The largest absolute Gasteiger partial charge is 0.496 e. The quantitative estimate of drug-likeness (QED) is 0.554. The summed E-state index contributed by atoms with van der Waals surface area (Å²) in [7, 11) is 1.60. The number of halogens is 2. The number of nitrogens with two attached hydrogens (primary N) is 1. The van der Waals surface area contributed by atoms with Gasteiger partial charge in [-0.3, -0.25) is 0 Å². The summed E-state index contributed by atoms with van der Waals surface area (Å²) in [5, 5.41) is 13.8. The van der Waals surface area contributed by atoms with Gasteiger partial charge in [0.1, 0.15) is 11.6 Å². The number of rotatable bonds is 6. The zero-order valence-corrected chi connectivity index (χ0v) is 16.0. The highest BCUT2D eigenvalue weighted by atomic mass is 79.9. The van der Waals surface area contributed by atoms with Crippen LogP contribution in [0.25, 0.3) is 20.5 Å². The van der Waals surface area contributed by atoms with Crippen LogP contribution in [0.1, 0.15) is 0 Å². The van der Waals surface area contributed by atoms with E-state index in [2.05, 4.69) is 21.2 Å². The molecule has 0 aliphatic heterocycles. The van der Waals surface area contributed by atoms with Crippen LogP contribution in [-0.4, -0.2) is 31.4 Å². The number of benzene rings is 2. The van der Waals surface area contributed by atoms with Gasteiger partial charge in [-0.05, 0) is 24.3 Å². The number of anilines is 1. The van der Waals surface area contributed by atoms with Gasteiger partial charge in [0.25, 0.3) is 0 Å². The van der Waals surface area contributed by atoms with Crippen LogP contribution in [0.3, 0.4) is 0 Å². The van der Waals surface area contributed by atoms with E-state index in [4.69, 9.17) is 10.5 Å². The van der Waals surface area contributed by atoms with Crippen LogP contribution in [0.4, 0.5) is 10.1 Å². The normalized spacial score (nSPS) is 12.4. The summed E-state index contributed by atoms with van der Waals surface area (Å²) < 4.78 is 21.2. The molecule has 0 spiro atoms. The van der Waals surface area contributed by atoms with E-state index >= 15 is 0 Å². The molecule has 1 atom stereocenters. The SMILES string of the molecule is COc1ccc(Br)cc1-c1sc2c(F)cccc2c1NCC(O)CN. The van der Waals surface area contributed by atoms with Gasteiger partial charge in [0.05, 0.1) is 28.5 Å². The van der Waals surface area contributed by atoms with Crippen molar-refractivity contribution in [1.82, 2.24) is 0 Å². The number of aliphatic hydroxyl groups is 1. The van der Waals surface area contributed by atoms with Crippen LogP contribution in [0, 0.1) is 5.82 Å². The molecule has 0 aliphatic carbocycles. The molecular weight excluding hydrogens is 407 g/mol. The first-order chi connectivity index (χ1) is 12.0. The van der Waals surface area contributed by atoms with E-state index in [-0.39, 0.29) is 18.9 Å². The summed E-state index contributed by atoms with van der Waals surface area (Å²) in [6.45, 7) is 0.432. The summed E-state index contributed by atoms with van der Waals surface area (Å²) in [4.78, 5) is 0.850. The van der Waals surface area contributed by atoms with Gasteiger partial charge in [-0.25, -0.2) is 4.39 Å². The van der Waals surface area contributed by atoms with Gasteiger partial charge in [0.15, 0.2) is 0 Å². The van der Waals surface area contributed by atoms with Gasteiger partial charge in [-0.2, -0.15) is 0 Å². The average molecular weight is 425 g/mol. The molecule has 1 heterocycles. The van der Waals surface area contributed by atoms with Crippen molar-refractivity contribution in [2.75, 3.05) is 25.5 Å². The fraction of sp³-hybridized carbons (Fsp3) is 0.222. The van der Waals surface area contributed by atoms with Crippen LogP contribution in [0.2, 0.25) is 0 Å². The lowest BCUT2D eigenvalue weighted by Crippen LogP contribution is -2.27. The molecule has 0 bridgehead atoms. The van der Waals surface area contributed by atoms with Crippen LogP contribution >= 0.6 is 27.3 Å². The van der Waals surface area contributed by atoms with Crippen molar-refractivity contribution >= 4 is 43.0 Å². The molecule has 0 aliphatic rings. The molecule has 0 amide bonds. The third-order valence-electron chi connectivity index (χ3n) is 3.86. The van der Waals surface area contributed by atoms with E-state index < -0.39 is 6.10 Å². The molecule has 4 N–H and O–H groups in total. The Kier molecular flexibility index (Phi) is 5.58. The number of thiophene rings is 1. The maximum absolute atomic E-state index is 14.3. The Balaban J connectivity index is 2.20. The van der Waals surface area contributed by atoms with E-state index in [1.54, 1.807) is 13.2 Å². The topological polar surface area (TPSA) is 67.5 Å². The molecular formula is C18H18BrFN2O2S. The summed E-state index contributed by atoms with van der Waals surface area (Å²) in [6.07, 6.45) is -0.680. The molecule has 2 aromatic carbocycles. The zero-order valence-electron chi connectivity index (χ0n) is 13.6. The average Bonchev–Trinajstić information content (AvgIpc) is 2.99. The number of hydrogen-bond acceptors (Lipinski definition) is 5. The molecule has 4 nitrogen and oxygen atoms in total. The first-order valence-electron chi connectivity index (χ1n) is 7.72. The Hall–Kier alpha value is -1.67. The summed E-state index contributed by atoms with van der Waals surface area (Å²) in [6, 6.07) is 10.7. The van der Waals surface area contributed by atoms with E-state index in [1.165, 1.54) is 17.4 Å². The minimum absolute atomic E-state index is 0.152. The van der Waals surface area contributed by atoms with Crippen molar-refractivity contribution in [2.45, 2.75) is 6.10 Å². The smallest absolute Gasteiger partial charge is 0.141 e. The fourth-order valence-corrected chi connectivity index (χ4v) is 4.18. The molecule has 1 aromatic heterocycles.